The number of aromatic nitrogens is 4. The number of nitrogens with one attached hydrogen (secondary N) is 1. The van der Waals surface area contributed by atoms with Crippen LogP contribution in [0.2, 0.25) is 0 Å². The van der Waals surface area contributed by atoms with Crippen LogP contribution < -0.4 is 10.1 Å². The van der Waals surface area contributed by atoms with Crippen molar-refractivity contribution >= 4 is 17.2 Å². The van der Waals surface area contributed by atoms with Crippen LogP contribution in [-0.4, -0.2) is 56.4 Å². The Morgan fingerprint density at radius 1 is 1.34 bits per heavy atom. The second-order valence-electron chi connectivity index (χ2n) is 8.34. The molecule has 1 aliphatic carbocycles. The Morgan fingerprint density at radius 3 is 2.86 bits per heavy atom. The van der Waals surface area contributed by atoms with Crippen molar-refractivity contribution in [2.75, 3.05) is 25.5 Å². The minimum Gasteiger partial charge on any atom is -0.488 e. The summed E-state index contributed by atoms with van der Waals surface area (Å²) < 4.78 is 9.70. The van der Waals surface area contributed by atoms with Crippen molar-refractivity contribution in [3.8, 4) is 17.0 Å². The highest BCUT2D eigenvalue weighted by atomic mass is 16.5. The lowest BCUT2D eigenvalue weighted by atomic mass is 10.1. The van der Waals surface area contributed by atoms with Gasteiger partial charge in [-0.05, 0) is 44.5 Å². The zero-order valence-electron chi connectivity index (χ0n) is 17.0. The summed E-state index contributed by atoms with van der Waals surface area (Å²) in [4.78, 5) is 14.5. The molecule has 0 bridgehead atoms. The van der Waals surface area contributed by atoms with Gasteiger partial charge in [-0.3, -0.25) is 14.4 Å². The van der Waals surface area contributed by atoms with E-state index in [4.69, 9.17) is 4.74 Å². The zero-order valence-corrected chi connectivity index (χ0v) is 17.0. The Morgan fingerprint density at radius 2 is 2.17 bits per heavy atom. The van der Waals surface area contributed by atoms with E-state index in [0.717, 1.165) is 35.5 Å². The third-order valence-corrected chi connectivity index (χ3v) is 6.21. The third kappa shape index (κ3) is 3.37. The SMILES string of the molecule is CC1CC1C(=O)Nc1cc2cc(-c3c(OC[C@H]4CCN4C)cnn3C)ccn2n1. The first kappa shape index (κ1) is 18.2. The lowest BCUT2D eigenvalue weighted by molar-refractivity contribution is -0.117. The van der Waals surface area contributed by atoms with Gasteiger partial charge >= 0.3 is 0 Å². The smallest absolute Gasteiger partial charge is 0.228 e. The number of carbonyl (C=O) groups is 1. The number of fused-ring (bicyclic) bond motifs is 1. The summed E-state index contributed by atoms with van der Waals surface area (Å²) in [5.74, 6) is 2.03. The largest absolute Gasteiger partial charge is 0.488 e. The van der Waals surface area contributed by atoms with Crippen LogP contribution in [0.15, 0.2) is 30.6 Å². The predicted octanol–water partition coefficient (Wildman–Crippen LogP) is 2.41. The quantitative estimate of drug-likeness (QED) is 0.695. The maximum atomic E-state index is 12.2. The van der Waals surface area contributed by atoms with E-state index < -0.39 is 0 Å². The third-order valence-electron chi connectivity index (χ3n) is 6.21. The Bertz CT molecular complexity index is 1070. The number of anilines is 1. The van der Waals surface area contributed by atoms with E-state index in [9.17, 15) is 4.79 Å². The van der Waals surface area contributed by atoms with Crippen LogP contribution in [0.4, 0.5) is 5.82 Å². The van der Waals surface area contributed by atoms with Crippen molar-refractivity contribution in [3.05, 3.63) is 30.6 Å². The molecule has 1 saturated carbocycles. The molecule has 0 radical (unpaired) electrons. The van der Waals surface area contributed by atoms with E-state index in [1.807, 2.05) is 36.1 Å². The molecular weight excluding hydrogens is 368 g/mol. The highest BCUT2D eigenvalue weighted by Crippen LogP contribution is 2.38. The highest BCUT2D eigenvalue weighted by molar-refractivity contribution is 5.94. The summed E-state index contributed by atoms with van der Waals surface area (Å²) >= 11 is 0. The maximum Gasteiger partial charge on any atom is 0.228 e. The van der Waals surface area contributed by atoms with Gasteiger partial charge in [-0.25, -0.2) is 4.52 Å². The fraction of sp³-hybridized carbons (Fsp3) is 0.476. The second-order valence-corrected chi connectivity index (χ2v) is 8.34. The number of pyridine rings is 1. The molecule has 1 amide bonds. The van der Waals surface area contributed by atoms with Gasteiger partial charge in [-0.1, -0.05) is 6.92 Å². The van der Waals surface area contributed by atoms with E-state index in [1.54, 1.807) is 10.7 Å². The van der Waals surface area contributed by atoms with Crippen molar-refractivity contribution in [1.29, 1.82) is 0 Å². The van der Waals surface area contributed by atoms with Crippen LogP contribution in [0.25, 0.3) is 16.8 Å². The molecule has 1 aliphatic heterocycles. The van der Waals surface area contributed by atoms with Crippen LogP contribution in [0.1, 0.15) is 19.8 Å². The Balaban J connectivity index is 1.37. The van der Waals surface area contributed by atoms with E-state index in [0.29, 0.717) is 24.4 Å². The molecule has 4 heterocycles. The van der Waals surface area contributed by atoms with Crippen molar-refractivity contribution in [1.82, 2.24) is 24.3 Å². The fourth-order valence-corrected chi connectivity index (χ4v) is 3.93. The van der Waals surface area contributed by atoms with Gasteiger partial charge in [0.2, 0.25) is 5.91 Å². The summed E-state index contributed by atoms with van der Waals surface area (Å²) in [6, 6.07) is 6.41. The molecule has 3 aromatic rings. The maximum absolute atomic E-state index is 12.2. The number of ether oxygens (including phenoxy) is 1. The van der Waals surface area contributed by atoms with Gasteiger partial charge in [0.1, 0.15) is 12.3 Å². The van der Waals surface area contributed by atoms with Gasteiger partial charge in [0.15, 0.2) is 11.6 Å². The molecule has 2 fully saturated rings. The molecule has 3 atom stereocenters. The molecule has 3 aromatic heterocycles. The molecule has 152 valence electrons. The van der Waals surface area contributed by atoms with E-state index in [2.05, 4.69) is 34.4 Å². The lowest BCUT2D eigenvalue weighted by Gasteiger charge is -2.37. The molecule has 2 aliphatic rings. The predicted molar refractivity (Wildman–Crippen MR) is 110 cm³/mol. The number of amides is 1. The van der Waals surface area contributed by atoms with Gasteiger partial charge in [-0.15, -0.1) is 0 Å². The van der Waals surface area contributed by atoms with Gasteiger partial charge in [0, 0.05) is 36.8 Å². The molecule has 1 saturated heterocycles. The van der Waals surface area contributed by atoms with Crippen molar-refractivity contribution in [2.24, 2.45) is 18.9 Å². The molecule has 2 unspecified atom stereocenters. The van der Waals surface area contributed by atoms with Crippen molar-refractivity contribution in [3.63, 3.8) is 0 Å². The summed E-state index contributed by atoms with van der Waals surface area (Å²) in [6.07, 6.45) is 5.80. The summed E-state index contributed by atoms with van der Waals surface area (Å²) in [5.41, 5.74) is 2.85. The number of likely N-dealkylation sites (tertiary alicyclic amines) is 1. The Hall–Kier alpha value is -2.87. The van der Waals surface area contributed by atoms with Gasteiger partial charge in [0.25, 0.3) is 0 Å². The monoisotopic (exact) mass is 394 g/mol. The first-order valence-electron chi connectivity index (χ1n) is 10.2. The standard InChI is InChI=1S/C21H26N6O2/c1-13-8-17(13)21(28)23-19-10-16-9-14(4-7-27(16)24-19)20-18(11-22-26(20)3)29-12-15-5-6-25(15)2/h4,7,9-11,13,15,17H,5-6,8,12H2,1-3H3,(H,23,24,28)/t13?,15-,17?/m1/s1. The first-order chi connectivity index (χ1) is 14.0. The average Bonchev–Trinajstić information content (AvgIpc) is 3.12. The van der Waals surface area contributed by atoms with Crippen molar-refractivity contribution in [2.45, 2.75) is 25.8 Å². The topological polar surface area (TPSA) is 76.7 Å². The number of aryl methyl sites for hydroxylation is 1. The van der Waals surface area contributed by atoms with Crippen LogP contribution >= 0.6 is 0 Å². The normalized spacial score (nSPS) is 23.8. The van der Waals surface area contributed by atoms with Gasteiger partial charge in [0.05, 0.1) is 11.7 Å². The number of carbonyl (C=O) groups excluding carboxylic acids is 1. The summed E-state index contributed by atoms with van der Waals surface area (Å²) in [5, 5.41) is 11.8. The minimum atomic E-state index is 0.0596. The van der Waals surface area contributed by atoms with E-state index >= 15 is 0 Å². The van der Waals surface area contributed by atoms with Crippen molar-refractivity contribution < 1.29 is 9.53 Å². The Labute approximate surface area is 169 Å². The van der Waals surface area contributed by atoms with Crippen LogP contribution in [0.5, 0.6) is 5.75 Å². The summed E-state index contributed by atoms with van der Waals surface area (Å²) in [7, 11) is 4.04. The molecule has 1 N–H and O–H groups in total. The zero-order chi connectivity index (χ0) is 20.1. The number of nitrogens with zero attached hydrogens (tertiary/aromatic N) is 5. The number of hydrogen-bond acceptors (Lipinski definition) is 5. The first-order valence-corrected chi connectivity index (χ1v) is 10.2. The number of likely N-dealkylation sites (N-methyl/N-ethyl adjacent to an activating group) is 1. The average molecular weight is 394 g/mol. The molecule has 8 nitrogen and oxygen atoms in total. The van der Waals surface area contributed by atoms with Crippen LogP contribution in [-0.2, 0) is 11.8 Å². The fourth-order valence-electron chi connectivity index (χ4n) is 3.93. The second kappa shape index (κ2) is 6.88. The van der Waals surface area contributed by atoms with Gasteiger partial charge in [-0.2, -0.15) is 10.2 Å². The number of rotatable bonds is 6. The lowest BCUT2D eigenvalue weighted by Crippen LogP contribution is -2.48. The molecule has 0 aromatic carbocycles. The molecule has 5 rings (SSSR count). The highest BCUT2D eigenvalue weighted by Gasteiger charge is 2.39. The molecule has 8 heteroatoms. The van der Waals surface area contributed by atoms with Gasteiger partial charge < -0.3 is 10.1 Å². The molecule has 29 heavy (non-hydrogen) atoms. The Kier molecular flexibility index (Phi) is 4.31. The van der Waals surface area contributed by atoms with Crippen LogP contribution in [0.3, 0.4) is 0 Å². The minimum absolute atomic E-state index is 0.0596. The number of hydrogen-bond donors (Lipinski definition) is 1. The van der Waals surface area contributed by atoms with E-state index in [1.165, 1.54) is 6.42 Å². The summed E-state index contributed by atoms with van der Waals surface area (Å²) in [6.45, 7) is 3.89. The van der Waals surface area contributed by atoms with Crippen LogP contribution in [0, 0.1) is 11.8 Å². The molecular formula is C21H26N6O2. The molecule has 0 spiro atoms. The van der Waals surface area contributed by atoms with E-state index in [-0.39, 0.29) is 11.8 Å².